The molecule has 1 aromatic carbocycles. The van der Waals surface area contributed by atoms with Gasteiger partial charge in [0.15, 0.2) is 18.8 Å². The number of anilines is 1. The average molecular weight is 758 g/mol. The van der Waals surface area contributed by atoms with Crippen molar-refractivity contribution in [3.05, 3.63) is 71.0 Å². The predicted molar refractivity (Wildman–Crippen MR) is 202 cm³/mol. The normalized spacial score (nSPS) is 23.0. The van der Waals surface area contributed by atoms with Gasteiger partial charge in [-0.3, -0.25) is 4.79 Å². The number of aliphatic hydroxyl groups is 1. The maximum Gasteiger partial charge on any atom is 0.201 e. The van der Waals surface area contributed by atoms with Crippen LogP contribution in [0.15, 0.2) is 65.5 Å². The number of carbonyl (C=O) groups is 1. The molecule has 0 bridgehead atoms. The van der Waals surface area contributed by atoms with E-state index in [0.717, 1.165) is 11.4 Å². The number of allylic oxidation sites excluding steroid dienone is 7. The minimum Gasteiger partial charge on any atom is -0.506 e. The minimum atomic E-state index is -0.184. The van der Waals surface area contributed by atoms with E-state index in [1.165, 1.54) is 0 Å². The summed E-state index contributed by atoms with van der Waals surface area (Å²) in [7, 11) is 0. The fourth-order valence-corrected chi connectivity index (χ4v) is 6.02. The number of hydrogen-bond acceptors (Lipinski definition) is 13. The van der Waals surface area contributed by atoms with Gasteiger partial charge in [-0.25, -0.2) is 4.58 Å². The van der Waals surface area contributed by atoms with Crippen molar-refractivity contribution in [2.75, 3.05) is 163 Å². The first-order valence-electron chi connectivity index (χ1n) is 19.1. The van der Waals surface area contributed by atoms with Gasteiger partial charge in [0, 0.05) is 30.9 Å². The van der Waals surface area contributed by atoms with Crippen LogP contribution in [0.2, 0.25) is 0 Å². The van der Waals surface area contributed by atoms with E-state index in [4.69, 9.17) is 47.4 Å². The molecule has 2 fully saturated rings. The van der Waals surface area contributed by atoms with Crippen LogP contribution < -0.4 is 4.90 Å². The lowest BCUT2D eigenvalue weighted by molar-refractivity contribution is -0.532. The molecule has 54 heavy (non-hydrogen) atoms. The fraction of sp³-hybridized carbons (Fsp3) is 0.600. The molecule has 1 N–H and O–H groups in total. The molecule has 2 heterocycles. The Morgan fingerprint density at radius 2 is 0.833 bits per heavy atom. The molecule has 14 nitrogen and oxygen atoms in total. The zero-order valence-corrected chi connectivity index (χ0v) is 31.4. The van der Waals surface area contributed by atoms with Crippen LogP contribution in [0.5, 0.6) is 0 Å². The fourth-order valence-electron chi connectivity index (χ4n) is 6.02. The number of rotatable bonds is 2. The topological polar surface area (TPSA) is 136 Å². The highest BCUT2D eigenvalue weighted by Gasteiger charge is 2.36. The summed E-state index contributed by atoms with van der Waals surface area (Å²) < 4.78 is 58.7. The summed E-state index contributed by atoms with van der Waals surface area (Å²) in [6.07, 6.45) is 7.67. The van der Waals surface area contributed by atoms with Crippen LogP contribution in [-0.4, -0.2) is 179 Å². The molecule has 0 amide bonds. The molecular formula is C40H57N2O12+. The summed E-state index contributed by atoms with van der Waals surface area (Å²) in [5.74, 6) is -0.180. The Hall–Kier alpha value is -3.28. The second-order valence-electron chi connectivity index (χ2n) is 12.6. The number of benzene rings is 1. The molecule has 1 aromatic rings. The van der Waals surface area contributed by atoms with E-state index in [-0.39, 0.29) is 11.5 Å². The van der Waals surface area contributed by atoms with Crippen LogP contribution in [0.25, 0.3) is 5.57 Å². The second kappa shape index (κ2) is 25.0. The Morgan fingerprint density at radius 1 is 0.463 bits per heavy atom. The van der Waals surface area contributed by atoms with Crippen molar-refractivity contribution in [3.8, 4) is 0 Å². The van der Waals surface area contributed by atoms with Crippen molar-refractivity contribution in [2.45, 2.75) is 0 Å². The molecule has 0 aromatic heterocycles. The Balaban J connectivity index is 1.19. The molecule has 0 unspecified atom stereocenters. The lowest BCUT2D eigenvalue weighted by atomic mass is 9.80. The molecule has 0 saturated carbocycles. The third kappa shape index (κ3) is 14.1. The van der Waals surface area contributed by atoms with Gasteiger partial charge >= 0.3 is 0 Å². The summed E-state index contributed by atoms with van der Waals surface area (Å²) in [6.45, 7) is 12.8. The molecule has 5 rings (SSSR count). The van der Waals surface area contributed by atoms with Gasteiger partial charge in [0.25, 0.3) is 0 Å². The van der Waals surface area contributed by atoms with E-state index < -0.39 is 0 Å². The van der Waals surface area contributed by atoms with Crippen LogP contribution >= 0.6 is 0 Å². The van der Waals surface area contributed by atoms with Gasteiger partial charge in [-0.1, -0.05) is 12.1 Å². The molecule has 2 aliphatic heterocycles. The Kier molecular flexibility index (Phi) is 19.4. The van der Waals surface area contributed by atoms with Crippen LogP contribution in [0.1, 0.15) is 5.56 Å². The lowest BCUT2D eigenvalue weighted by Crippen LogP contribution is -2.31. The predicted octanol–water partition coefficient (Wildman–Crippen LogP) is 2.41. The quantitative estimate of drug-likeness (QED) is 0.350. The molecule has 0 spiro atoms. The van der Waals surface area contributed by atoms with Crippen LogP contribution in [0.4, 0.5) is 5.69 Å². The average Bonchev–Trinajstić information content (AvgIpc) is 3.18. The van der Waals surface area contributed by atoms with Crippen LogP contribution in [0.3, 0.4) is 0 Å². The third-order valence-electron chi connectivity index (χ3n) is 8.97. The molecule has 2 saturated heterocycles. The number of hydrogen-bond donors (Lipinski definition) is 1. The zero-order valence-electron chi connectivity index (χ0n) is 31.4. The SMILES string of the molecule is O=C1C(=C2C=CC(=[N+]3CCOCCOCCOCCOCCOCC3)C=C2)C(O)=C1c1ccc(N2CCOCCOCCOCCOCCOCC2)cc1. The monoisotopic (exact) mass is 757 g/mol. The van der Waals surface area contributed by atoms with Crippen LogP contribution in [0, 0.1) is 0 Å². The number of aliphatic hydroxyl groups excluding tert-OH is 1. The first kappa shape index (κ1) is 41.9. The third-order valence-corrected chi connectivity index (χ3v) is 8.97. The maximum absolute atomic E-state index is 13.5. The Labute approximate surface area is 318 Å². The molecule has 298 valence electrons. The molecular weight excluding hydrogens is 700 g/mol. The summed E-state index contributed by atoms with van der Waals surface area (Å²) in [6, 6.07) is 7.67. The largest absolute Gasteiger partial charge is 0.506 e. The van der Waals surface area contributed by atoms with Crippen molar-refractivity contribution in [1.82, 2.24) is 0 Å². The summed E-state index contributed by atoms with van der Waals surface area (Å²) in [5, 5.41) is 11.1. The molecule has 0 atom stereocenters. The smallest absolute Gasteiger partial charge is 0.201 e. The van der Waals surface area contributed by atoms with E-state index in [9.17, 15) is 9.90 Å². The van der Waals surface area contributed by atoms with Crippen molar-refractivity contribution in [2.24, 2.45) is 0 Å². The van der Waals surface area contributed by atoms with Crippen LogP contribution in [-0.2, 0) is 52.2 Å². The van der Waals surface area contributed by atoms with Gasteiger partial charge in [0.1, 0.15) is 19.0 Å². The van der Waals surface area contributed by atoms with E-state index in [2.05, 4.69) is 9.48 Å². The highest BCUT2D eigenvalue weighted by Crippen LogP contribution is 2.39. The molecule has 2 aliphatic carbocycles. The van der Waals surface area contributed by atoms with Gasteiger partial charge in [-0.15, -0.1) is 0 Å². The number of carbonyl (C=O) groups excluding carboxylic acids is 1. The lowest BCUT2D eigenvalue weighted by Gasteiger charge is -2.26. The van der Waals surface area contributed by atoms with Gasteiger partial charge in [-0.2, -0.15) is 0 Å². The van der Waals surface area contributed by atoms with Gasteiger partial charge in [0.05, 0.1) is 130 Å². The molecule has 14 heteroatoms. The van der Waals surface area contributed by atoms with Crippen molar-refractivity contribution < 1.29 is 61.8 Å². The van der Waals surface area contributed by atoms with E-state index in [0.29, 0.717) is 181 Å². The van der Waals surface area contributed by atoms with Crippen molar-refractivity contribution in [1.29, 1.82) is 0 Å². The maximum atomic E-state index is 13.5. The first-order chi connectivity index (χ1) is 26.7. The second-order valence-corrected chi connectivity index (χ2v) is 12.6. The van der Waals surface area contributed by atoms with Gasteiger partial charge in [0.2, 0.25) is 5.78 Å². The summed E-state index contributed by atoms with van der Waals surface area (Å²) >= 11 is 0. The van der Waals surface area contributed by atoms with Crippen molar-refractivity contribution in [3.63, 3.8) is 0 Å². The Bertz CT molecular complexity index is 1380. The number of ketones is 1. The van der Waals surface area contributed by atoms with E-state index in [1.807, 2.05) is 48.6 Å². The minimum absolute atomic E-state index is 0.00383. The summed E-state index contributed by atoms with van der Waals surface area (Å²) in [5.41, 5.74) is 3.91. The summed E-state index contributed by atoms with van der Waals surface area (Å²) in [4.78, 5) is 15.6. The Morgan fingerprint density at radius 3 is 1.22 bits per heavy atom. The zero-order chi connectivity index (χ0) is 37.5. The standard InChI is InChI=1S/C40H56N2O12/c43-39-37(33-1-5-35(6-2-33)41-9-13-45-17-21-49-25-29-53-30-26-50-22-18-46-14-10-41)40(44)38(39)34-3-7-36(8-4-34)42-11-15-47-19-23-51-27-31-54-32-28-52-24-20-48-16-12-42/h1-8H,9-32H2/p+1. The highest BCUT2D eigenvalue weighted by molar-refractivity contribution is 6.39. The number of ether oxygens (including phenoxy) is 10. The van der Waals surface area contributed by atoms with Crippen molar-refractivity contribution >= 4 is 22.8 Å². The molecule has 4 aliphatic rings. The highest BCUT2D eigenvalue weighted by atomic mass is 16.6. The van der Waals surface area contributed by atoms with E-state index in [1.54, 1.807) is 0 Å². The van der Waals surface area contributed by atoms with Gasteiger partial charge in [-0.05, 0) is 35.4 Å². The molecule has 0 radical (unpaired) electrons. The number of Topliss-reactive ketones (excluding diaryl/α,β-unsaturated/α-hetero) is 1. The van der Waals surface area contributed by atoms with E-state index >= 15 is 0 Å². The van der Waals surface area contributed by atoms with Gasteiger partial charge < -0.3 is 57.4 Å². The first-order valence-corrected chi connectivity index (χ1v) is 19.1. The number of nitrogens with zero attached hydrogens (tertiary/aromatic N) is 2.